The van der Waals surface area contributed by atoms with Crippen molar-refractivity contribution in [1.82, 2.24) is 0 Å². The van der Waals surface area contributed by atoms with Gasteiger partial charge in [-0.2, -0.15) is 0 Å². The molecule has 1 unspecified atom stereocenters. The molecule has 102 valence electrons. The van der Waals surface area contributed by atoms with Crippen LogP contribution in [-0.2, 0) is 4.57 Å². The first kappa shape index (κ1) is 17.1. The summed E-state index contributed by atoms with van der Waals surface area (Å²) in [6.07, 6.45) is 10.7. The van der Waals surface area contributed by atoms with E-state index >= 15 is 0 Å². The van der Waals surface area contributed by atoms with Crippen molar-refractivity contribution in [3.8, 4) is 0 Å². The Balaban J connectivity index is 4.56. The largest absolute Gasteiger partial charge is 0.596 e. The number of unbranched alkanes of at least 4 members (excludes halogenated alkanes) is 3. The molecular weight excluding hydrogens is 231 g/mol. The second-order valence-electron chi connectivity index (χ2n) is 5.30. The lowest BCUT2D eigenvalue weighted by atomic mass is 9.76. The average Bonchev–Trinajstić information content (AvgIpc) is 2.30. The molecule has 0 aliphatic heterocycles. The molecule has 0 aromatic carbocycles. The van der Waals surface area contributed by atoms with Crippen LogP contribution in [0.15, 0.2) is 0 Å². The van der Waals surface area contributed by atoms with Crippen LogP contribution >= 0.6 is 8.03 Å². The molecule has 17 heavy (non-hydrogen) atoms. The van der Waals surface area contributed by atoms with Gasteiger partial charge in [0.2, 0.25) is 0 Å². The topological polar surface area (TPSA) is 40.1 Å². The van der Waals surface area contributed by atoms with Crippen molar-refractivity contribution in [1.29, 1.82) is 0 Å². The molecule has 0 bridgehead atoms. The van der Waals surface area contributed by atoms with E-state index < -0.39 is 8.03 Å². The number of hydrogen-bond donors (Lipinski definition) is 0. The molecule has 1 atom stereocenters. The normalized spacial score (nSPS) is 12.8. The predicted molar refractivity (Wildman–Crippen MR) is 73.5 cm³/mol. The van der Waals surface area contributed by atoms with Gasteiger partial charge in [0.15, 0.2) is 0 Å². The van der Waals surface area contributed by atoms with Crippen molar-refractivity contribution < 1.29 is 9.46 Å². The Bertz CT molecular complexity index is 183. The molecule has 0 saturated carbocycles. The summed E-state index contributed by atoms with van der Waals surface area (Å²) < 4.78 is 11.1. The molecule has 0 fully saturated rings. The van der Waals surface area contributed by atoms with Gasteiger partial charge in [0, 0.05) is 5.41 Å². The van der Waals surface area contributed by atoms with Crippen LogP contribution < -0.4 is 4.89 Å². The molecule has 0 heterocycles. The first-order chi connectivity index (χ1) is 8.10. The second-order valence-corrected chi connectivity index (χ2v) is 6.28. The highest BCUT2D eigenvalue weighted by Crippen LogP contribution is 2.41. The summed E-state index contributed by atoms with van der Waals surface area (Å²) in [4.78, 5) is 11.1. The zero-order valence-electron chi connectivity index (χ0n) is 11.8. The van der Waals surface area contributed by atoms with Gasteiger partial charge in [-0.15, -0.1) is 0 Å². The monoisotopic (exact) mass is 260 g/mol. The van der Waals surface area contributed by atoms with Crippen LogP contribution in [0, 0.1) is 5.41 Å². The van der Waals surface area contributed by atoms with E-state index in [0.717, 1.165) is 57.8 Å². The van der Waals surface area contributed by atoms with Gasteiger partial charge in [0.1, 0.15) is 6.16 Å². The van der Waals surface area contributed by atoms with E-state index in [4.69, 9.17) is 0 Å². The Morgan fingerprint density at radius 2 is 1.24 bits per heavy atom. The van der Waals surface area contributed by atoms with Gasteiger partial charge in [-0.25, -0.2) is 0 Å². The van der Waals surface area contributed by atoms with Crippen molar-refractivity contribution in [3.63, 3.8) is 0 Å². The van der Waals surface area contributed by atoms with Crippen LogP contribution in [0.1, 0.15) is 78.6 Å². The third-order valence-electron chi connectivity index (χ3n) is 3.65. The highest BCUT2D eigenvalue weighted by Gasteiger charge is 2.33. The van der Waals surface area contributed by atoms with Crippen LogP contribution in [0.5, 0.6) is 0 Å². The van der Waals surface area contributed by atoms with E-state index in [-0.39, 0.29) is 5.41 Å². The van der Waals surface area contributed by atoms with E-state index in [9.17, 15) is 9.46 Å². The first-order valence-electron chi connectivity index (χ1n) is 7.22. The maximum absolute atomic E-state index is 11.1. The molecule has 3 heteroatoms. The zero-order valence-corrected chi connectivity index (χ0v) is 12.7. The van der Waals surface area contributed by atoms with Crippen molar-refractivity contribution in [2.75, 3.05) is 6.16 Å². The average molecular weight is 260 g/mol. The maximum atomic E-state index is 11.1. The third-order valence-corrected chi connectivity index (χ3v) is 4.58. The SMILES string of the molecule is CCCCC(CCCC)(CCCC)C[P+](=O)[O-]. The summed E-state index contributed by atoms with van der Waals surface area (Å²) in [7, 11) is -2.24. The van der Waals surface area contributed by atoms with Crippen molar-refractivity contribution in [2.24, 2.45) is 5.41 Å². The fourth-order valence-electron chi connectivity index (χ4n) is 2.54. The Hall–Kier alpha value is 0.0600. The van der Waals surface area contributed by atoms with Gasteiger partial charge < -0.3 is 4.89 Å². The fraction of sp³-hybridized carbons (Fsp3) is 1.00. The van der Waals surface area contributed by atoms with Gasteiger partial charge in [0.25, 0.3) is 0 Å². The smallest absolute Gasteiger partial charge is 0.309 e. The minimum absolute atomic E-state index is 0.0806. The van der Waals surface area contributed by atoms with Crippen molar-refractivity contribution in [3.05, 3.63) is 0 Å². The van der Waals surface area contributed by atoms with Gasteiger partial charge in [0.05, 0.1) is 0 Å². The lowest BCUT2D eigenvalue weighted by Crippen LogP contribution is -2.25. The molecule has 0 aromatic rings. The van der Waals surface area contributed by atoms with E-state index in [0.29, 0.717) is 6.16 Å². The van der Waals surface area contributed by atoms with Crippen LogP contribution in [-0.4, -0.2) is 6.16 Å². The third kappa shape index (κ3) is 7.89. The maximum Gasteiger partial charge on any atom is 0.309 e. The summed E-state index contributed by atoms with van der Waals surface area (Å²) in [5, 5.41) is 0. The number of rotatable bonds is 11. The number of hydrogen-bond acceptors (Lipinski definition) is 2. The molecule has 2 nitrogen and oxygen atoms in total. The minimum atomic E-state index is -2.24. The van der Waals surface area contributed by atoms with E-state index in [2.05, 4.69) is 20.8 Å². The van der Waals surface area contributed by atoms with E-state index in [1.807, 2.05) is 0 Å². The zero-order chi connectivity index (χ0) is 13.1. The second kappa shape index (κ2) is 10.0. The van der Waals surface area contributed by atoms with Crippen LogP contribution in [0.2, 0.25) is 0 Å². The molecule has 0 aliphatic rings. The molecule has 0 radical (unpaired) electrons. The highest BCUT2D eigenvalue weighted by molar-refractivity contribution is 7.36. The summed E-state index contributed by atoms with van der Waals surface area (Å²) in [6.45, 7) is 6.55. The van der Waals surface area contributed by atoms with E-state index in [1.54, 1.807) is 0 Å². The highest BCUT2D eigenvalue weighted by atomic mass is 31.1. The summed E-state index contributed by atoms with van der Waals surface area (Å²) >= 11 is 0. The molecule has 0 saturated heterocycles. The van der Waals surface area contributed by atoms with Crippen molar-refractivity contribution >= 4 is 8.03 Å². The van der Waals surface area contributed by atoms with Crippen LogP contribution in [0.25, 0.3) is 0 Å². The van der Waals surface area contributed by atoms with Gasteiger partial charge in [-0.05, 0) is 19.3 Å². The standard InChI is InChI=1S/C14H29O2P/c1-4-7-10-14(11-8-5-2,12-9-6-3)13-17(15)16/h4-13H2,1-3H3. The minimum Gasteiger partial charge on any atom is -0.596 e. The molecule has 0 rings (SSSR count). The van der Waals surface area contributed by atoms with Gasteiger partial charge in [-0.3, -0.25) is 0 Å². The molecular formula is C14H29O2P. The quantitative estimate of drug-likeness (QED) is 0.507. The molecule has 0 spiro atoms. The van der Waals surface area contributed by atoms with Gasteiger partial charge >= 0.3 is 8.03 Å². The van der Waals surface area contributed by atoms with Crippen LogP contribution in [0.4, 0.5) is 0 Å². The first-order valence-corrected chi connectivity index (χ1v) is 8.58. The Kier molecular flexibility index (Phi) is 10.1. The summed E-state index contributed by atoms with van der Waals surface area (Å²) in [5.41, 5.74) is 0.0806. The fourth-order valence-corrected chi connectivity index (χ4v) is 3.56. The predicted octanol–water partition coefficient (Wildman–Crippen LogP) is 4.65. The molecule has 0 N–H and O–H groups in total. The lowest BCUT2D eigenvalue weighted by Gasteiger charge is -2.30. The van der Waals surface area contributed by atoms with E-state index in [1.165, 1.54) is 0 Å². The Morgan fingerprint density at radius 1 is 0.882 bits per heavy atom. The lowest BCUT2D eigenvalue weighted by molar-refractivity contribution is -0.165. The molecule has 0 amide bonds. The van der Waals surface area contributed by atoms with Crippen LogP contribution in [0.3, 0.4) is 0 Å². The molecule has 0 aromatic heterocycles. The Morgan fingerprint density at radius 3 is 1.47 bits per heavy atom. The summed E-state index contributed by atoms with van der Waals surface area (Å²) in [5.74, 6) is 0. The van der Waals surface area contributed by atoms with Crippen molar-refractivity contribution in [2.45, 2.75) is 78.6 Å². The Labute approximate surface area is 108 Å². The van der Waals surface area contributed by atoms with Gasteiger partial charge in [-0.1, -0.05) is 63.9 Å². The summed E-state index contributed by atoms with van der Waals surface area (Å²) in [6, 6.07) is 0. The molecule has 0 aliphatic carbocycles.